The van der Waals surface area contributed by atoms with E-state index in [4.69, 9.17) is 22.0 Å². The Morgan fingerprint density at radius 2 is 2.06 bits per heavy atom. The Kier molecular flexibility index (Phi) is 3.63. The SMILES string of the molecule is N#Cc1cc(CCl)c(C(F)(F)F)cc1C(=O)O. The van der Waals surface area contributed by atoms with Crippen molar-refractivity contribution in [2.24, 2.45) is 0 Å². The lowest BCUT2D eigenvalue weighted by molar-refractivity contribution is -0.138. The number of halogens is 4. The number of rotatable bonds is 2. The van der Waals surface area contributed by atoms with Crippen molar-refractivity contribution < 1.29 is 23.1 Å². The Bertz CT molecular complexity index is 505. The highest BCUT2D eigenvalue weighted by Crippen LogP contribution is 2.34. The summed E-state index contributed by atoms with van der Waals surface area (Å²) in [4.78, 5) is 10.7. The van der Waals surface area contributed by atoms with E-state index in [1.165, 1.54) is 6.07 Å². The first-order chi connectivity index (χ1) is 7.81. The Hall–Kier alpha value is -1.74. The predicted molar refractivity (Wildman–Crippen MR) is 52.7 cm³/mol. The maximum Gasteiger partial charge on any atom is 0.416 e. The van der Waals surface area contributed by atoms with Crippen molar-refractivity contribution in [1.82, 2.24) is 0 Å². The van der Waals surface area contributed by atoms with E-state index < -0.39 is 29.2 Å². The molecule has 0 spiro atoms. The Morgan fingerprint density at radius 3 is 2.41 bits per heavy atom. The number of aromatic carboxylic acids is 1. The fraction of sp³-hybridized carbons (Fsp3) is 0.200. The van der Waals surface area contributed by atoms with Gasteiger partial charge in [0.05, 0.1) is 16.7 Å². The van der Waals surface area contributed by atoms with Gasteiger partial charge in [0.25, 0.3) is 0 Å². The summed E-state index contributed by atoms with van der Waals surface area (Å²) in [6.07, 6.45) is -4.71. The summed E-state index contributed by atoms with van der Waals surface area (Å²) in [5, 5.41) is 17.3. The molecule has 0 aliphatic carbocycles. The molecular weight excluding hydrogens is 259 g/mol. The van der Waals surface area contributed by atoms with Gasteiger partial charge in [0.15, 0.2) is 0 Å². The van der Waals surface area contributed by atoms with E-state index in [-0.39, 0.29) is 11.1 Å². The molecule has 0 bridgehead atoms. The fourth-order valence-electron chi connectivity index (χ4n) is 1.29. The van der Waals surface area contributed by atoms with Gasteiger partial charge in [-0.1, -0.05) is 0 Å². The van der Waals surface area contributed by atoms with Crippen molar-refractivity contribution in [1.29, 1.82) is 5.26 Å². The van der Waals surface area contributed by atoms with Crippen LogP contribution in [0.3, 0.4) is 0 Å². The summed E-state index contributed by atoms with van der Waals surface area (Å²) in [6.45, 7) is 0. The minimum Gasteiger partial charge on any atom is -0.478 e. The molecular formula is C10H5ClF3NO2. The van der Waals surface area contributed by atoms with Gasteiger partial charge >= 0.3 is 12.1 Å². The van der Waals surface area contributed by atoms with E-state index in [0.717, 1.165) is 6.07 Å². The second-order valence-corrected chi connectivity index (χ2v) is 3.37. The molecule has 1 N–H and O–H groups in total. The predicted octanol–water partition coefficient (Wildman–Crippen LogP) is 3.01. The second kappa shape index (κ2) is 4.63. The zero-order chi connectivity index (χ0) is 13.2. The van der Waals surface area contributed by atoms with Crippen molar-refractivity contribution in [3.63, 3.8) is 0 Å². The number of hydrogen-bond acceptors (Lipinski definition) is 2. The van der Waals surface area contributed by atoms with Gasteiger partial charge in [0, 0.05) is 5.88 Å². The third-order valence-electron chi connectivity index (χ3n) is 2.04. The number of hydrogen-bond donors (Lipinski definition) is 1. The zero-order valence-corrected chi connectivity index (χ0v) is 8.93. The first-order valence-corrected chi connectivity index (χ1v) is 4.78. The molecule has 0 fully saturated rings. The number of nitrogens with zero attached hydrogens (tertiary/aromatic N) is 1. The van der Waals surface area contributed by atoms with Crippen LogP contribution in [0.2, 0.25) is 0 Å². The average molecular weight is 264 g/mol. The van der Waals surface area contributed by atoms with E-state index in [1.54, 1.807) is 0 Å². The third-order valence-corrected chi connectivity index (χ3v) is 2.33. The first-order valence-electron chi connectivity index (χ1n) is 4.24. The highest BCUT2D eigenvalue weighted by atomic mass is 35.5. The minimum absolute atomic E-state index is 0.319. The standard InChI is InChI=1S/C10H5ClF3NO2/c11-3-5-1-6(4-15)7(9(16)17)2-8(5)10(12,13)14/h1-2H,3H2,(H,16,17). The summed E-state index contributed by atoms with van der Waals surface area (Å²) in [7, 11) is 0. The summed E-state index contributed by atoms with van der Waals surface area (Å²) < 4.78 is 37.7. The van der Waals surface area contributed by atoms with Crippen LogP contribution in [0.25, 0.3) is 0 Å². The molecule has 3 nitrogen and oxygen atoms in total. The van der Waals surface area contributed by atoms with Crippen LogP contribution in [0.15, 0.2) is 12.1 Å². The Labute approximate surface area is 99.0 Å². The molecule has 0 amide bonds. The van der Waals surface area contributed by atoms with Gasteiger partial charge in [0.2, 0.25) is 0 Å². The molecule has 0 atom stereocenters. The molecule has 17 heavy (non-hydrogen) atoms. The highest BCUT2D eigenvalue weighted by Gasteiger charge is 2.34. The van der Waals surface area contributed by atoms with Crippen molar-refractivity contribution >= 4 is 17.6 Å². The van der Waals surface area contributed by atoms with E-state index in [9.17, 15) is 18.0 Å². The highest BCUT2D eigenvalue weighted by molar-refractivity contribution is 6.17. The molecule has 0 unspecified atom stereocenters. The summed E-state index contributed by atoms with van der Waals surface area (Å²) >= 11 is 5.34. The van der Waals surface area contributed by atoms with Crippen LogP contribution in [0.4, 0.5) is 13.2 Å². The number of carboxylic acid groups (broad SMARTS) is 1. The average Bonchev–Trinajstić information content (AvgIpc) is 2.25. The van der Waals surface area contributed by atoms with Crippen LogP contribution < -0.4 is 0 Å². The van der Waals surface area contributed by atoms with Gasteiger partial charge in [0.1, 0.15) is 6.07 Å². The van der Waals surface area contributed by atoms with E-state index in [2.05, 4.69) is 0 Å². The van der Waals surface area contributed by atoms with Crippen molar-refractivity contribution in [2.75, 3.05) is 0 Å². The molecule has 0 radical (unpaired) electrons. The van der Waals surface area contributed by atoms with Gasteiger partial charge in [-0.3, -0.25) is 0 Å². The van der Waals surface area contributed by atoms with Crippen LogP contribution in [0.5, 0.6) is 0 Å². The number of benzene rings is 1. The van der Waals surface area contributed by atoms with E-state index in [0.29, 0.717) is 6.07 Å². The topological polar surface area (TPSA) is 61.1 Å². The summed E-state index contributed by atoms with van der Waals surface area (Å²) in [6, 6.07) is 2.80. The fourth-order valence-corrected chi connectivity index (χ4v) is 1.51. The molecule has 1 aromatic carbocycles. The molecule has 0 aliphatic rings. The minimum atomic E-state index is -4.71. The summed E-state index contributed by atoms with van der Waals surface area (Å²) in [5.41, 5.74) is -2.49. The molecule has 0 saturated heterocycles. The second-order valence-electron chi connectivity index (χ2n) is 3.10. The Balaban J connectivity index is 3.58. The smallest absolute Gasteiger partial charge is 0.416 e. The van der Waals surface area contributed by atoms with E-state index >= 15 is 0 Å². The normalized spacial score (nSPS) is 11.0. The van der Waals surface area contributed by atoms with Crippen molar-refractivity contribution in [3.05, 3.63) is 34.4 Å². The lowest BCUT2D eigenvalue weighted by Crippen LogP contribution is -2.12. The lowest BCUT2D eigenvalue weighted by atomic mass is 9.99. The maximum atomic E-state index is 12.6. The van der Waals surface area contributed by atoms with Crippen LogP contribution in [0, 0.1) is 11.3 Å². The molecule has 0 aliphatic heterocycles. The molecule has 1 rings (SSSR count). The van der Waals surface area contributed by atoms with E-state index in [1.807, 2.05) is 0 Å². The van der Waals surface area contributed by atoms with Crippen molar-refractivity contribution in [3.8, 4) is 6.07 Å². The zero-order valence-electron chi connectivity index (χ0n) is 8.18. The number of nitriles is 1. The number of alkyl halides is 4. The maximum absolute atomic E-state index is 12.6. The molecule has 7 heteroatoms. The van der Waals surface area contributed by atoms with Crippen molar-refractivity contribution in [2.45, 2.75) is 12.1 Å². The molecule has 0 heterocycles. The van der Waals surface area contributed by atoms with Crippen LogP contribution in [-0.2, 0) is 12.1 Å². The van der Waals surface area contributed by atoms with Gasteiger partial charge in [-0.15, -0.1) is 11.6 Å². The lowest BCUT2D eigenvalue weighted by Gasteiger charge is -2.12. The van der Waals surface area contributed by atoms with Gasteiger partial charge in [-0.25, -0.2) is 4.79 Å². The first kappa shape index (κ1) is 13.3. The molecule has 90 valence electrons. The third kappa shape index (κ3) is 2.68. The Morgan fingerprint density at radius 1 is 1.47 bits per heavy atom. The quantitative estimate of drug-likeness (QED) is 0.834. The molecule has 0 aromatic heterocycles. The summed E-state index contributed by atoms with van der Waals surface area (Å²) in [5.74, 6) is -2.04. The molecule has 0 saturated carbocycles. The van der Waals surface area contributed by atoms with Crippen LogP contribution >= 0.6 is 11.6 Å². The van der Waals surface area contributed by atoms with Gasteiger partial charge in [-0.2, -0.15) is 18.4 Å². The number of carboxylic acids is 1. The van der Waals surface area contributed by atoms with Gasteiger partial charge < -0.3 is 5.11 Å². The monoisotopic (exact) mass is 263 g/mol. The number of carbonyl (C=O) groups is 1. The molecule has 1 aromatic rings. The van der Waals surface area contributed by atoms with Crippen LogP contribution in [-0.4, -0.2) is 11.1 Å². The van der Waals surface area contributed by atoms with Gasteiger partial charge in [-0.05, 0) is 17.7 Å². The largest absolute Gasteiger partial charge is 0.478 e. The van der Waals surface area contributed by atoms with Crippen LogP contribution in [0.1, 0.15) is 27.0 Å².